The van der Waals surface area contributed by atoms with Gasteiger partial charge in [-0.15, -0.1) is 0 Å². The number of hydrogen-bond acceptors (Lipinski definition) is 5. The fourth-order valence-electron chi connectivity index (χ4n) is 2.33. The molecule has 2 aromatic carbocycles. The standard InChI is InChI=1S/C21H24ClNO5/c1-4-11-27-18-10-9-15(12-19(18)26-5-2)21(25)28-14(3)20(24)23-17-8-6-7-16(22)13-17/h6-10,12-14H,4-5,11H2,1-3H3,(H,23,24)/t14-/m0/s1. The molecule has 0 radical (unpaired) electrons. The van der Waals surface area contributed by atoms with Gasteiger partial charge in [0.05, 0.1) is 18.8 Å². The molecule has 7 heteroatoms. The monoisotopic (exact) mass is 405 g/mol. The molecule has 0 spiro atoms. The molecular weight excluding hydrogens is 382 g/mol. The number of hydrogen-bond donors (Lipinski definition) is 1. The minimum absolute atomic E-state index is 0.273. The molecule has 1 atom stereocenters. The minimum Gasteiger partial charge on any atom is -0.490 e. The molecule has 0 unspecified atom stereocenters. The topological polar surface area (TPSA) is 73.9 Å². The first-order valence-corrected chi connectivity index (χ1v) is 9.49. The highest BCUT2D eigenvalue weighted by Crippen LogP contribution is 2.29. The molecule has 0 aliphatic heterocycles. The van der Waals surface area contributed by atoms with Gasteiger partial charge in [-0.3, -0.25) is 4.79 Å². The van der Waals surface area contributed by atoms with Gasteiger partial charge in [-0.2, -0.15) is 0 Å². The lowest BCUT2D eigenvalue weighted by molar-refractivity contribution is -0.123. The van der Waals surface area contributed by atoms with Crippen LogP contribution in [0.25, 0.3) is 0 Å². The Morgan fingerprint density at radius 1 is 1.07 bits per heavy atom. The van der Waals surface area contributed by atoms with Gasteiger partial charge < -0.3 is 19.5 Å². The smallest absolute Gasteiger partial charge is 0.339 e. The summed E-state index contributed by atoms with van der Waals surface area (Å²) < 4.78 is 16.4. The van der Waals surface area contributed by atoms with Crippen LogP contribution in [0.1, 0.15) is 37.6 Å². The van der Waals surface area contributed by atoms with Gasteiger partial charge in [0.25, 0.3) is 5.91 Å². The van der Waals surface area contributed by atoms with Crippen molar-refractivity contribution in [2.75, 3.05) is 18.5 Å². The van der Waals surface area contributed by atoms with Crippen molar-refractivity contribution in [3.63, 3.8) is 0 Å². The first-order valence-electron chi connectivity index (χ1n) is 9.11. The highest BCUT2D eigenvalue weighted by Gasteiger charge is 2.20. The number of ether oxygens (including phenoxy) is 3. The number of anilines is 1. The highest BCUT2D eigenvalue weighted by molar-refractivity contribution is 6.30. The lowest BCUT2D eigenvalue weighted by Crippen LogP contribution is -2.30. The van der Waals surface area contributed by atoms with E-state index in [4.69, 9.17) is 25.8 Å². The van der Waals surface area contributed by atoms with Crippen molar-refractivity contribution in [1.29, 1.82) is 0 Å². The average molecular weight is 406 g/mol. The number of rotatable bonds is 9. The average Bonchev–Trinajstić information content (AvgIpc) is 2.67. The minimum atomic E-state index is -0.988. The molecule has 0 aliphatic rings. The molecule has 0 heterocycles. The third kappa shape index (κ3) is 6.16. The fourth-order valence-corrected chi connectivity index (χ4v) is 2.52. The summed E-state index contributed by atoms with van der Waals surface area (Å²) in [4.78, 5) is 24.7. The molecular formula is C21H24ClNO5. The van der Waals surface area contributed by atoms with Crippen LogP contribution in [0.4, 0.5) is 5.69 Å². The lowest BCUT2D eigenvalue weighted by Gasteiger charge is -2.15. The van der Waals surface area contributed by atoms with Crippen molar-refractivity contribution >= 4 is 29.2 Å². The van der Waals surface area contributed by atoms with Crippen molar-refractivity contribution in [2.24, 2.45) is 0 Å². The second-order valence-corrected chi connectivity index (χ2v) is 6.43. The molecule has 0 aromatic heterocycles. The number of amides is 1. The van der Waals surface area contributed by atoms with Crippen LogP contribution < -0.4 is 14.8 Å². The van der Waals surface area contributed by atoms with Gasteiger partial charge in [-0.1, -0.05) is 24.6 Å². The van der Waals surface area contributed by atoms with Gasteiger partial charge in [-0.05, 0) is 56.7 Å². The first kappa shape index (κ1) is 21.6. The highest BCUT2D eigenvalue weighted by atomic mass is 35.5. The summed E-state index contributed by atoms with van der Waals surface area (Å²) in [6.45, 7) is 6.32. The first-order chi connectivity index (χ1) is 13.4. The van der Waals surface area contributed by atoms with E-state index in [1.54, 1.807) is 42.5 Å². The van der Waals surface area contributed by atoms with E-state index >= 15 is 0 Å². The number of halogens is 1. The maximum atomic E-state index is 12.4. The van der Waals surface area contributed by atoms with E-state index in [0.29, 0.717) is 35.4 Å². The number of nitrogens with one attached hydrogen (secondary N) is 1. The van der Waals surface area contributed by atoms with Crippen LogP contribution in [0.15, 0.2) is 42.5 Å². The van der Waals surface area contributed by atoms with Gasteiger partial charge in [0.2, 0.25) is 0 Å². The van der Waals surface area contributed by atoms with Crippen molar-refractivity contribution in [1.82, 2.24) is 0 Å². The molecule has 0 bridgehead atoms. The Kier molecular flexibility index (Phi) is 8.14. The molecule has 1 N–H and O–H groups in total. The lowest BCUT2D eigenvalue weighted by atomic mass is 10.2. The summed E-state index contributed by atoms with van der Waals surface area (Å²) in [5.74, 6) is -0.0614. The molecule has 2 rings (SSSR count). The second kappa shape index (κ2) is 10.6. The molecule has 2 aromatic rings. The number of carbonyl (C=O) groups is 2. The van der Waals surface area contributed by atoms with Gasteiger partial charge >= 0.3 is 5.97 Å². The van der Waals surface area contributed by atoms with Gasteiger partial charge in [0, 0.05) is 10.7 Å². The SMILES string of the molecule is CCCOc1ccc(C(=O)O[C@@H](C)C(=O)Nc2cccc(Cl)c2)cc1OCC. The van der Waals surface area contributed by atoms with E-state index in [9.17, 15) is 9.59 Å². The Hall–Kier alpha value is -2.73. The van der Waals surface area contributed by atoms with Gasteiger partial charge in [0.1, 0.15) is 0 Å². The predicted molar refractivity (Wildman–Crippen MR) is 108 cm³/mol. The molecule has 0 saturated heterocycles. The second-order valence-electron chi connectivity index (χ2n) is 5.99. The van der Waals surface area contributed by atoms with E-state index in [2.05, 4.69) is 5.32 Å². The summed E-state index contributed by atoms with van der Waals surface area (Å²) in [6.07, 6.45) is -0.132. The molecule has 6 nitrogen and oxygen atoms in total. The van der Waals surface area contributed by atoms with Crippen molar-refractivity contribution < 1.29 is 23.8 Å². The van der Waals surface area contributed by atoms with Crippen LogP contribution in [-0.2, 0) is 9.53 Å². The summed E-state index contributed by atoms with van der Waals surface area (Å²) in [5, 5.41) is 3.15. The van der Waals surface area contributed by atoms with Gasteiger partial charge in [-0.25, -0.2) is 4.79 Å². The number of carbonyl (C=O) groups excluding carboxylic acids is 2. The van der Waals surface area contributed by atoms with Crippen LogP contribution >= 0.6 is 11.6 Å². The van der Waals surface area contributed by atoms with Crippen LogP contribution in [0.3, 0.4) is 0 Å². The maximum absolute atomic E-state index is 12.4. The third-order valence-electron chi connectivity index (χ3n) is 3.69. The molecule has 0 fully saturated rings. The fraction of sp³-hybridized carbons (Fsp3) is 0.333. The quantitative estimate of drug-likeness (QED) is 0.611. The predicted octanol–water partition coefficient (Wildman–Crippen LogP) is 4.71. The molecule has 1 amide bonds. The Balaban J connectivity index is 2.04. The molecule has 150 valence electrons. The molecule has 28 heavy (non-hydrogen) atoms. The van der Waals surface area contributed by atoms with E-state index < -0.39 is 18.0 Å². The van der Waals surface area contributed by atoms with Crippen LogP contribution in [0.5, 0.6) is 11.5 Å². The number of esters is 1. The largest absolute Gasteiger partial charge is 0.490 e. The van der Waals surface area contributed by atoms with Crippen molar-refractivity contribution in [2.45, 2.75) is 33.3 Å². The zero-order valence-electron chi connectivity index (χ0n) is 16.2. The third-order valence-corrected chi connectivity index (χ3v) is 3.92. The Morgan fingerprint density at radius 2 is 1.86 bits per heavy atom. The van der Waals surface area contributed by atoms with Crippen molar-refractivity contribution in [3.8, 4) is 11.5 Å². The van der Waals surface area contributed by atoms with E-state index in [1.165, 1.54) is 6.92 Å². The summed E-state index contributed by atoms with van der Waals surface area (Å²) >= 11 is 5.90. The summed E-state index contributed by atoms with van der Waals surface area (Å²) in [6, 6.07) is 11.5. The van der Waals surface area contributed by atoms with Gasteiger partial charge in [0.15, 0.2) is 17.6 Å². The summed E-state index contributed by atoms with van der Waals surface area (Å²) in [7, 11) is 0. The van der Waals surface area contributed by atoms with Crippen LogP contribution in [0, 0.1) is 0 Å². The number of benzene rings is 2. The molecule has 0 aliphatic carbocycles. The van der Waals surface area contributed by atoms with E-state index in [-0.39, 0.29) is 5.56 Å². The Bertz CT molecular complexity index is 824. The zero-order chi connectivity index (χ0) is 20.5. The van der Waals surface area contributed by atoms with Crippen LogP contribution in [-0.4, -0.2) is 31.2 Å². The van der Waals surface area contributed by atoms with E-state index in [0.717, 1.165) is 6.42 Å². The normalized spacial score (nSPS) is 11.4. The summed E-state index contributed by atoms with van der Waals surface area (Å²) in [5.41, 5.74) is 0.797. The zero-order valence-corrected chi connectivity index (χ0v) is 16.9. The van der Waals surface area contributed by atoms with E-state index in [1.807, 2.05) is 13.8 Å². The Labute approximate surface area is 169 Å². The maximum Gasteiger partial charge on any atom is 0.339 e. The van der Waals surface area contributed by atoms with Crippen molar-refractivity contribution in [3.05, 3.63) is 53.1 Å². The Morgan fingerprint density at radius 3 is 2.54 bits per heavy atom. The molecule has 0 saturated carbocycles. The van der Waals surface area contributed by atoms with Crippen LogP contribution in [0.2, 0.25) is 5.02 Å².